The molecule has 0 radical (unpaired) electrons. The molecule has 2 aromatic heterocycles. The van der Waals surface area contributed by atoms with E-state index in [0.717, 1.165) is 16.8 Å². The topological polar surface area (TPSA) is 77.3 Å². The van der Waals surface area contributed by atoms with Gasteiger partial charge in [0.2, 0.25) is 0 Å². The molecule has 5 nitrogen and oxygen atoms in total. The second kappa shape index (κ2) is 4.30. The number of rotatable bonds is 4. The molecule has 2 heterocycles. The van der Waals surface area contributed by atoms with Crippen molar-refractivity contribution in [1.29, 1.82) is 0 Å². The van der Waals surface area contributed by atoms with E-state index >= 15 is 0 Å². The van der Waals surface area contributed by atoms with E-state index in [9.17, 15) is 4.79 Å². The van der Waals surface area contributed by atoms with Crippen molar-refractivity contribution in [2.24, 2.45) is 5.92 Å². The summed E-state index contributed by atoms with van der Waals surface area (Å²) in [5, 5.41) is 0.781. The zero-order valence-corrected chi connectivity index (χ0v) is 10.7. The van der Waals surface area contributed by atoms with Gasteiger partial charge in [0.25, 0.3) is 5.56 Å². The van der Waals surface area contributed by atoms with E-state index in [1.807, 2.05) is 0 Å². The molecule has 1 fully saturated rings. The Balaban J connectivity index is 1.82. The van der Waals surface area contributed by atoms with Gasteiger partial charge in [-0.25, -0.2) is 4.98 Å². The summed E-state index contributed by atoms with van der Waals surface area (Å²) in [6.45, 7) is 0. The molecule has 0 unspecified atom stereocenters. The zero-order valence-electron chi connectivity index (χ0n) is 9.08. The van der Waals surface area contributed by atoms with Gasteiger partial charge in [-0.3, -0.25) is 9.78 Å². The van der Waals surface area contributed by atoms with Crippen LogP contribution in [0.1, 0.15) is 19.3 Å². The van der Waals surface area contributed by atoms with Crippen LogP contribution in [0.5, 0.6) is 0 Å². The molecule has 90 valence electrons. The van der Waals surface area contributed by atoms with Gasteiger partial charge in [-0.1, -0.05) is 24.6 Å². The maximum Gasteiger partial charge on any atom is 0.277 e. The molecule has 3 N–H and O–H groups in total. The molecule has 7 heteroatoms. The average molecular weight is 268 g/mol. The molecule has 0 spiro atoms. The highest BCUT2D eigenvalue weighted by atomic mass is 32.2. The molecule has 0 aromatic carbocycles. The van der Waals surface area contributed by atoms with Crippen LogP contribution in [-0.4, -0.2) is 25.7 Å². The number of aromatic nitrogens is 4. The van der Waals surface area contributed by atoms with Crippen molar-refractivity contribution >= 4 is 35.1 Å². The number of nitrogens with one attached hydrogen (secondary N) is 3. The highest BCUT2D eigenvalue weighted by molar-refractivity contribution is 7.99. The van der Waals surface area contributed by atoms with Crippen LogP contribution in [0.15, 0.2) is 9.95 Å². The first-order chi connectivity index (χ1) is 8.22. The summed E-state index contributed by atoms with van der Waals surface area (Å²) in [5.41, 5.74) is 0.783. The summed E-state index contributed by atoms with van der Waals surface area (Å²) in [4.78, 5) is 24.3. The lowest BCUT2D eigenvalue weighted by Gasteiger charge is -1.94. The van der Waals surface area contributed by atoms with Gasteiger partial charge in [0.1, 0.15) is 5.52 Å². The Hall–Kier alpha value is -1.08. The number of fused-ring (bicyclic) bond motifs is 1. The second-order valence-corrected chi connectivity index (χ2v) is 5.75. The first-order valence-electron chi connectivity index (χ1n) is 5.57. The highest BCUT2D eigenvalue weighted by Gasteiger charge is 2.20. The molecule has 0 amide bonds. The largest absolute Gasteiger partial charge is 0.327 e. The van der Waals surface area contributed by atoms with Crippen LogP contribution >= 0.6 is 24.0 Å². The van der Waals surface area contributed by atoms with Crippen LogP contribution in [0.3, 0.4) is 0 Å². The van der Waals surface area contributed by atoms with Gasteiger partial charge in [-0.2, -0.15) is 0 Å². The standard InChI is InChI=1S/C10H12N4OS2/c15-8-6-7(12-9(16)14-8)13-10(11-6)17-4-3-5-1-2-5/h5H,1-4H2,(H3,11,12,13,14,15,16). The Morgan fingerprint density at radius 2 is 2.18 bits per heavy atom. The van der Waals surface area contributed by atoms with Crippen LogP contribution in [0.25, 0.3) is 11.2 Å². The van der Waals surface area contributed by atoms with Crippen molar-refractivity contribution in [1.82, 2.24) is 19.9 Å². The summed E-state index contributed by atoms with van der Waals surface area (Å²) in [7, 11) is 0. The molecule has 3 rings (SSSR count). The van der Waals surface area contributed by atoms with E-state index in [1.54, 1.807) is 11.8 Å². The van der Waals surface area contributed by atoms with Gasteiger partial charge < -0.3 is 9.97 Å². The van der Waals surface area contributed by atoms with E-state index in [-0.39, 0.29) is 5.56 Å². The lowest BCUT2D eigenvalue weighted by Crippen LogP contribution is -2.07. The van der Waals surface area contributed by atoms with Crippen molar-refractivity contribution in [3.63, 3.8) is 0 Å². The van der Waals surface area contributed by atoms with Crippen molar-refractivity contribution in [3.05, 3.63) is 15.1 Å². The monoisotopic (exact) mass is 268 g/mol. The number of nitrogens with zero attached hydrogens (tertiary/aromatic N) is 1. The van der Waals surface area contributed by atoms with Crippen molar-refractivity contribution in [2.75, 3.05) is 5.75 Å². The van der Waals surface area contributed by atoms with Crippen LogP contribution in [0.2, 0.25) is 0 Å². The molecule has 0 saturated heterocycles. The summed E-state index contributed by atoms with van der Waals surface area (Å²) in [6.07, 6.45) is 3.97. The molecule has 1 aliphatic rings. The Morgan fingerprint density at radius 3 is 2.94 bits per heavy atom. The second-order valence-electron chi connectivity index (χ2n) is 4.25. The summed E-state index contributed by atoms with van der Waals surface area (Å²) < 4.78 is 0.309. The minimum Gasteiger partial charge on any atom is -0.327 e. The third-order valence-electron chi connectivity index (χ3n) is 2.83. The fourth-order valence-electron chi connectivity index (χ4n) is 1.71. The SMILES string of the molecule is O=c1[nH]c(=S)[nH]c2nc(SCCC3CC3)[nH]c12. The minimum absolute atomic E-state index is 0.217. The fourth-order valence-corrected chi connectivity index (χ4v) is 2.87. The van der Waals surface area contributed by atoms with Crippen molar-refractivity contribution in [3.8, 4) is 0 Å². The maximum absolute atomic E-state index is 11.6. The molecule has 0 atom stereocenters. The van der Waals surface area contributed by atoms with Crippen LogP contribution < -0.4 is 5.56 Å². The van der Waals surface area contributed by atoms with E-state index in [2.05, 4.69) is 19.9 Å². The van der Waals surface area contributed by atoms with Crippen LogP contribution in [0.4, 0.5) is 0 Å². The maximum atomic E-state index is 11.6. The number of imidazole rings is 1. The predicted octanol–water partition coefficient (Wildman–Crippen LogP) is 2.20. The first-order valence-corrected chi connectivity index (χ1v) is 6.97. The van der Waals surface area contributed by atoms with Gasteiger partial charge in [0, 0.05) is 5.75 Å². The lowest BCUT2D eigenvalue weighted by atomic mass is 10.3. The molecule has 0 aliphatic heterocycles. The van der Waals surface area contributed by atoms with Crippen molar-refractivity contribution in [2.45, 2.75) is 24.4 Å². The number of thioether (sulfide) groups is 1. The third kappa shape index (κ3) is 2.44. The molecular formula is C10H12N4OS2. The number of H-pyrrole nitrogens is 3. The van der Waals surface area contributed by atoms with Gasteiger partial charge in [0.15, 0.2) is 15.6 Å². The molecular weight excluding hydrogens is 256 g/mol. The normalized spacial score (nSPS) is 15.5. The van der Waals surface area contributed by atoms with E-state index < -0.39 is 0 Å². The van der Waals surface area contributed by atoms with E-state index in [0.29, 0.717) is 15.9 Å². The Bertz CT molecular complexity index is 652. The first kappa shape index (κ1) is 11.0. The Kier molecular flexibility index (Phi) is 2.79. The summed E-state index contributed by atoms with van der Waals surface area (Å²) in [6, 6.07) is 0. The quantitative estimate of drug-likeness (QED) is 0.587. The highest BCUT2D eigenvalue weighted by Crippen LogP contribution is 2.34. The van der Waals surface area contributed by atoms with E-state index in [1.165, 1.54) is 19.3 Å². The Morgan fingerprint density at radius 1 is 1.35 bits per heavy atom. The molecule has 2 aromatic rings. The molecule has 1 aliphatic carbocycles. The van der Waals surface area contributed by atoms with Gasteiger partial charge in [0.05, 0.1) is 0 Å². The molecule has 1 saturated carbocycles. The molecule has 0 bridgehead atoms. The minimum atomic E-state index is -0.217. The third-order valence-corrected chi connectivity index (χ3v) is 3.94. The average Bonchev–Trinajstić information content (AvgIpc) is 2.98. The van der Waals surface area contributed by atoms with Gasteiger partial charge >= 0.3 is 0 Å². The number of hydrogen-bond acceptors (Lipinski definition) is 4. The fraction of sp³-hybridized carbons (Fsp3) is 0.500. The summed E-state index contributed by atoms with van der Waals surface area (Å²) in [5.74, 6) is 1.96. The van der Waals surface area contributed by atoms with Crippen LogP contribution in [-0.2, 0) is 0 Å². The smallest absolute Gasteiger partial charge is 0.277 e. The summed E-state index contributed by atoms with van der Waals surface area (Å²) >= 11 is 6.55. The van der Waals surface area contributed by atoms with Crippen LogP contribution in [0, 0.1) is 10.7 Å². The number of aromatic amines is 3. The number of hydrogen-bond donors (Lipinski definition) is 3. The van der Waals surface area contributed by atoms with Gasteiger partial charge in [-0.05, 0) is 24.6 Å². The lowest BCUT2D eigenvalue weighted by molar-refractivity contribution is 0.807. The molecule has 17 heavy (non-hydrogen) atoms. The zero-order chi connectivity index (χ0) is 11.8. The van der Waals surface area contributed by atoms with Crippen molar-refractivity contribution < 1.29 is 0 Å². The Labute approximate surface area is 106 Å². The van der Waals surface area contributed by atoms with Gasteiger partial charge in [-0.15, -0.1) is 0 Å². The predicted molar refractivity (Wildman–Crippen MR) is 70.0 cm³/mol. The van der Waals surface area contributed by atoms with E-state index in [4.69, 9.17) is 12.2 Å².